The molecule has 4 heteroatoms. The zero-order valence-corrected chi connectivity index (χ0v) is 10.9. The summed E-state index contributed by atoms with van der Waals surface area (Å²) >= 11 is 0. The third kappa shape index (κ3) is 2.55. The molecule has 3 nitrogen and oxygen atoms in total. The average molecular weight is 241 g/mol. The summed E-state index contributed by atoms with van der Waals surface area (Å²) in [6, 6.07) is 2.24. The van der Waals surface area contributed by atoms with E-state index >= 15 is 0 Å². The first-order valence-electron chi connectivity index (χ1n) is 5.71. The van der Waals surface area contributed by atoms with Crippen molar-refractivity contribution in [1.82, 2.24) is 5.32 Å². The molecule has 3 atom stereocenters. The van der Waals surface area contributed by atoms with Crippen molar-refractivity contribution in [2.45, 2.75) is 26.8 Å². The first-order chi connectivity index (χ1) is 7.56. The van der Waals surface area contributed by atoms with Gasteiger partial charge in [-0.25, -0.2) is 0 Å². The lowest BCUT2D eigenvalue weighted by Gasteiger charge is -2.14. The van der Waals surface area contributed by atoms with E-state index in [2.05, 4.69) is 18.3 Å². The molecule has 0 amide bonds. The molecule has 90 valence electrons. The first-order valence-corrected chi connectivity index (χ1v) is 7.20. The zero-order chi connectivity index (χ0) is 11.7. The maximum atomic E-state index is 11.8. The smallest absolute Gasteiger partial charge is 0.105 e. The van der Waals surface area contributed by atoms with Crippen LogP contribution in [0.15, 0.2) is 10.5 Å². The van der Waals surface area contributed by atoms with Crippen LogP contribution in [0.3, 0.4) is 0 Å². The minimum atomic E-state index is -0.721. The molecule has 0 aliphatic carbocycles. The van der Waals surface area contributed by atoms with Crippen LogP contribution in [0.1, 0.15) is 30.0 Å². The van der Waals surface area contributed by atoms with E-state index in [-0.39, 0.29) is 6.04 Å². The Labute approximate surface area is 99.1 Å². The number of nitrogens with one attached hydrogen (secondary N) is 1. The summed E-state index contributed by atoms with van der Waals surface area (Å²) < 4.78 is 17.4. The SMILES string of the molecule is Cc1cc(C2CS(=O)CC(C)CN2)c(C)o1. The van der Waals surface area contributed by atoms with Gasteiger partial charge in [0.1, 0.15) is 11.5 Å². The molecule has 1 N–H and O–H groups in total. The van der Waals surface area contributed by atoms with Gasteiger partial charge in [0, 0.05) is 33.9 Å². The highest BCUT2D eigenvalue weighted by Crippen LogP contribution is 2.24. The summed E-state index contributed by atoms with van der Waals surface area (Å²) in [5.74, 6) is 3.86. The molecule has 1 aromatic rings. The van der Waals surface area contributed by atoms with Crippen LogP contribution in [-0.4, -0.2) is 22.3 Å². The normalized spacial score (nSPS) is 31.3. The molecule has 1 aliphatic rings. The van der Waals surface area contributed by atoms with Crippen molar-refractivity contribution in [3.8, 4) is 0 Å². The second-order valence-corrected chi connectivity index (χ2v) is 6.25. The van der Waals surface area contributed by atoms with Crippen molar-refractivity contribution >= 4 is 10.8 Å². The molecule has 0 saturated carbocycles. The lowest BCUT2D eigenvalue weighted by molar-refractivity contribution is 0.482. The van der Waals surface area contributed by atoms with Gasteiger partial charge in [-0.2, -0.15) is 0 Å². The number of furan rings is 1. The highest BCUT2D eigenvalue weighted by molar-refractivity contribution is 7.85. The van der Waals surface area contributed by atoms with E-state index in [0.29, 0.717) is 11.7 Å². The van der Waals surface area contributed by atoms with Crippen molar-refractivity contribution in [3.63, 3.8) is 0 Å². The van der Waals surface area contributed by atoms with Crippen LogP contribution in [-0.2, 0) is 10.8 Å². The average Bonchev–Trinajstić information content (AvgIpc) is 2.41. The Hall–Kier alpha value is -0.610. The van der Waals surface area contributed by atoms with Gasteiger partial charge in [0.05, 0.1) is 0 Å². The standard InChI is InChI=1S/C12H19NO2S/c1-8-5-13-12(7-16(14)6-8)11-4-9(2)15-10(11)3/h4,8,12-13H,5-7H2,1-3H3. The van der Waals surface area contributed by atoms with E-state index < -0.39 is 10.8 Å². The number of hydrogen-bond acceptors (Lipinski definition) is 3. The molecule has 0 radical (unpaired) electrons. The van der Waals surface area contributed by atoms with Gasteiger partial charge < -0.3 is 9.73 Å². The fourth-order valence-corrected chi connectivity index (χ4v) is 3.79. The Morgan fingerprint density at radius 3 is 2.81 bits per heavy atom. The quantitative estimate of drug-likeness (QED) is 0.817. The lowest BCUT2D eigenvalue weighted by Crippen LogP contribution is -2.26. The molecule has 16 heavy (non-hydrogen) atoms. The van der Waals surface area contributed by atoms with Crippen LogP contribution in [0.25, 0.3) is 0 Å². The molecule has 1 aliphatic heterocycles. The molecular weight excluding hydrogens is 222 g/mol. The van der Waals surface area contributed by atoms with Gasteiger partial charge >= 0.3 is 0 Å². The molecule has 1 fully saturated rings. The predicted molar refractivity (Wildman–Crippen MR) is 66.0 cm³/mol. The van der Waals surface area contributed by atoms with Crippen LogP contribution >= 0.6 is 0 Å². The lowest BCUT2D eigenvalue weighted by atomic mass is 10.1. The Balaban J connectivity index is 2.20. The molecule has 1 saturated heterocycles. The van der Waals surface area contributed by atoms with E-state index in [0.717, 1.165) is 23.8 Å². The molecule has 1 aromatic heterocycles. The van der Waals surface area contributed by atoms with Crippen molar-refractivity contribution in [1.29, 1.82) is 0 Å². The highest BCUT2D eigenvalue weighted by atomic mass is 32.2. The largest absolute Gasteiger partial charge is 0.466 e. The van der Waals surface area contributed by atoms with Gasteiger partial charge in [-0.1, -0.05) is 6.92 Å². The maximum absolute atomic E-state index is 11.8. The molecule has 2 heterocycles. The summed E-state index contributed by atoms with van der Waals surface area (Å²) in [5.41, 5.74) is 1.17. The van der Waals surface area contributed by atoms with Gasteiger partial charge in [0.15, 0.2) is 0 Å². The van der Waals surface area contributed by atoms with Crippen LogP contribution in [0.5, 0.6) is 0 Å². The molecule has 0 aromatic carbocycles. The van der Waals surface area contributed by atoms with E-state index in [1.807, 2.05) is 13.8 Å². The topological polar surface area (TPSA) is 42.2 Å². The maximum Gasteiger partial charge on any atom is 0.105 e. The van der Waals surface area contributed by atoms with Gasteiger partial charge in [-0.15, -0.1) is 0 Å². The molecule has 3 unspecified atom stereocenters. The fourth-order valence-electron chi connectivity index (χ4n) is 2.23. The van der Waals surface area contributed by atoms with Crippen molar-refractivity contribution in [2.75, 3.05) is 18.1 Å². The summed E-state index contributed by atoms with van der Waals surface area (Å²) in [5, 5.41) is 3.48. The fraction of sp³-hybridized carbons (Fsp3) is 0.667. The van der Waals surface area contributed by atoms with Gasteiger partial charge in [0.25, 0.3) is 0 Å². The first kappa shape index (κ1) is 11.9. The van der Waals surface area contributed by atoms with Gasteiger partial charge in [-0.3, -0.25) is 4.21 Å². The van der Waals surface area contributed by atoms with E-state index in [1.165, 1.54) is 5.56 Å². The molecule has 2 rings (SSSR count). The van der Waals surface area contributed by atoms with Crippen molar-refractivity contribution in [2.24, 2.45) is 5.92 Å². The van der Waals surface area contributed by atoms with Gasteiger partial charge in [-0.05, 0) is 32.4 Å². The minimum Gasteiger partial charge on any atom is -0.466 e. The number of aryl methyl sites for hydroxylation is 2. The minimum absolute atomic E-state index is 0.184. The molecule has 0 bridgehead atoms. The van der Waals surface area contributed by atoms with Gasteiger partial charge in [0.2, 0.25) is 0 Å². The zero-order valence-electron chi connectivity index (χ0n) is 10.1. The van der Waals surface area contributed by atoms with Crippen LogP contribution < -0.4 is 5.32 Å². The predicted octanol–water partition coefficient (Wildman–Crippen LogP) is 1.93. The monoisotopic (exact) mass is 241 g/mol. The third-order valence-corrected chi connectivity index (χ3v) is 4.64. The Morgan fingerprint density at radius 2 is 2.19 bits per heavy atom. The summed E-state index contributed by atoms with van der Waals surface area (Å²) in [4.78, 5) is 0. The van der Waals surface area contributed by atoms with Crippen molar-refractivity contribution < 1.29 is 8.63 Å². The summed E-state index contributed by atoms with van der Waals surface area (Å²) in [6.07, 6.45) is 0. The summed E-state index contributed by atoms with van der Waals surface area (Å²) in [6.45, 7) is 6.99. The van der Waals surface area contributed by atoms with E-state index in [9.17, 15) is 4.21 Å². The summed E-state index contributed by atoms with van der Waals surface area (Å²) in [7, 11) is -0.721. The van der Waals surface area contributed by atoms with Crippen molar-refractivity contribution in [3.05, 3.63) is 23.2 Å². The van der Waals surface area contributed by atoms with Crippen LogP contribution in [0, 0.1) is 19.8 Å². The Kier molecular flexibility index (Phi) is 3.50. The molecular formula is C12H19NO2S. The van der Waals surface area contributed by atoms with E-state index in [1.54, 1.807) is 0 Å². The number of hydrogen-bond donors (Lipinski definition) is 1. The number of rotatable bonds is 1. The van der Waals surface area contributed by atoms with E-state index in [4.69, 9.17) is 4.42 Å². The second-order valence-electron chi connectivity index (χ2n) is 4.71. The van der Waals surface area contributed by atoms with Crippen LogP contribution in [0.4, 0.5) is 0 Å². The highest BCUT2D eigenvalue weighted by Gasteiger charge is 2.24. The Morgan fingerprint density at radius 1 is 1.44 bits per heavy atom. The third-order valence-electron chi connectivity index (χ3n) is 2.99. The second kappa shape index (κ2) is 4.72. The molecule has 0 spiro atoms. The Bertz CT molecular complexity index is 400. The van der Waals surface area contributed by atoms with Crippen LogP contribution in [0.2, 0.25) is 0 Å².